The number of piperidine rings is 1. The first-order valence-corrected chi connectivity index (χ1v) is 12.1. The van der Waals surface area contributed by atoms with Gasteiger partial charge in [0.25, 0.3) is 0 Å². The lowest BCUT2D eigenvalue weighted by Crippen LogP contribution is -2.51. The molecule has 29 heavy (non-hydrogen) atoms. The summed E-state index contributed by atoms with van der Waals surface area (Å²) in [6.07, 6.45) is 8.69. The van der Waals surface area contributed by atoms with Gasteiger partial charge in [0.2, 0.25) is 10.0 Å². The highest BCUT2D eigenvalue weighted by molar-refractivity contribution is 7.88. The van der Waals surface area contributed by atoms with Crippen molar-refractivity contribution < 1.29 is 13.5 Å². The second kappa shape index (κ2) is 8.14. The van der Waals surface area contributed by atoms with Gasteiger partial charge in [-0.2, -0.15) is 4.31 Å². The van der Waals surface area contributed by atoms with E-state index in [1.54, 1.807) is 0 Å². The van der Waals surface area contributed by atoms with Crippen molar-refractivity contribution in [1.82, 2.24) is 14.3 Å². The molecule has 2 aromatic heterocycles. The fraction of sp³-hybridized carbons (Fsp3) is 0.600. The van der Waals surface area contributed by atoms with E-state index in [1.807, 2.05) is 24.5 Å². The molecule has 8 nitrogen and oxygen atoms in total. The van der Waals surface area contributed by atoms with Crippen LogP contribution in [-0.2, 0) is 10.0 Å². The van der Waals surface area contributed by atoms with Crippen molar-refractivity contribution >= 4 is 26.6 Å². The Labute approximate surface area is 171 Å². The zero-order chi connectivity index (χ0) is 20.6. The molecule has 2 fully saturated rings. The molecule has 0 amide bonds. The highest BCUT2D eigenvalue weighted by atomic mass is 32.2. The van der Waals surface area contributed by atoms with E-state index in [-0.39, 0.29) is 12.6 Å². The first kappa shape index (κ1) is 20.5. The van der Waals surface area contributed by atoms with Gasteiger partial charge in [0, 0.05) is 48.2 Å². The zero-order valence-corrected chi connectivity index (χ0v) is 17.5. The molecule has 1 saturated heterocycles. The van der Waals surface area contributed by atoms with E-state index in [2.05, 4.69) is 15.3 Å². The quantitative estimate of drug-likeness (QED) is 0.685. The van der Waals surface area contributed by atoms with Crippen LogP contribution >= 0.6 is 0 Å². The largest absolute Gasteiger partial charge is 0.390 e. The van der Waals surface area contributed by atoms with Gasteiger partial charge in [-0.15, -0.1) is 0 Å². The number of aromatic nitrogens is 2. The molecule has 0 radical (unpaired) electrons. The number of hydrogen-bond acceptors (Lipinski definition) is 7. The maximum atomic E-state index is 11.7. The Hall–Kier alpha value is -1.81. The Morgan fingerprint density at radius 1 is 1.21 bits per heavy atom. The second-order valence-corrected chi connectivity index (χ2v) is 10.3. The van der Waals surface area contributed by atoms with Gasteiger partial charge in [-0.05, 0) is 44.2 Å². The number of aliphatic hydroxyl groups is 1. The van der Waals surface area contributed by atoms with Crippen LogP contribution in [0.5, 0.6) is 0 Å². The fourth-order valence-corrected chi connectivity index (χ4v) is 5.31. The van der Waals surface area contributed by atoms with Crippen LogP contribution in [0.3, 0.4) is 0 Å². The maximum absolute atomic E-state index is 11.7. The number of aliphatic hydroxyl groups excluding tert-OH is 1. The second-order valence-electron chi connectivity index (χ2n) is 8.33. The Morgan fingerprint density at radius 3 is 2.66 bits per heavy atom. The molecule has 0 unspecified atom stereocenters. The van der Waals surface area contributed by atoms with Gasteiger partial charge in [-0.3, -0.25) is 4.98 Å². The minimum atomic E-state index is -3.29. The minimum absolute atomic E-state index is 0.0964. The number of anilines is 1. The highest BCUT2D eigenvalue weighted by Gasteiger charge is 2.32. The number of pyridine rings is 2. The Bertz CT molecular complexity index is 975. The molecule has 0 spiro atoms. The van der Waals surface area contributed by atoms with Gasteiger partial charge in [-0.1, -0.05) is 0 Å². The summed E-state index contributed by atoms with van der Waals surface area (Å²) < 4.78 is 24.8. The van der Waals surface area contributed by atoms with E-state index < -0.39 is 16.1 Å². The van der Waals surface area contributed by atoms with Crippen molar-refractivity contribution in [2.24, 2.45) is 5.73 Å². The number of sulfonamides is 1. The topological polar surface area (TPSA) is 121 Å². The molecule has 0 aromatic carbocycles. The number of nitrogens with one attached hydrogen (secondary N) is 1. The van der Waals surface area contributed by atoms with Crippen LogP contribution in [0.25, 0.3) is 10.8 Å². The predicted octanol–water partition coefficient (Wildman–Crippen LogP) is 1.42. The van der Waals surface area contributed by atoms with Gasteiger partial charge >= 0.3 is 0 Å². The molecule has 3 heterocycles. The molecule has 158 valence electrons. The van der Waals surface area contributed by atoms with Crippen molar-refractivity contribution in [2.75, 3.05) is 24.7 Å². The van der Waals surface area contributed by atoms with E-state index in [0.29, 0.717) is 30.7 Å². The lowest BCUT2D eigenvalue weighted by Gasteiger charge is -2.35. The third-order valence-electron chi connectivity index (χ3n) is 6.18. The smallest absolute Gasteiger partial charge is 0.211 e. The standard InChI is InChI=1S/C20H29N5O3S/c1-29(27,28)25-9-7-17(18(26)12-25)24-19-10-16-14(11-23-19)6-8-22-20(16)13-2-4-15(21)5-3-13/h6,8,10-11,13,15,17-18,26H,2-5,7,9,12,21H2,1H3,(H,23,24)/t13?,15?,17-,18-/m1/s1. The van der Waals surface area contributed by atoms with Crippen LogP contribution in [0.15, 0.2) is 24.5 Å². The molecule has 1 saturated carbocycles. The first-order valence-electron chi connectivity index (χ1n) is 10.2. The SMILES string of the molecule is CS(=O)(=O)N1CC[C@@H](Nc2cc3c(C4CCC(N)CC4)nccc3cn2)[C@H](O)C1. The van der Waals surface area contributed by atoms with E-state index in [9.17, 15) is 13.5 Å². The van der Waals surface area contributed by atoms with Crippen LogP contribution in [0.2, 0.25) is 0 Å². The molecule has 2 aromatic rings. The Balaban J connectivity index is 1.54. The third-order valence-corrected chi connectivity index (χ3v) is 7.45. The first-order chi connectivity index (χ1) is 13.8. The molecule has 1 aliphatic carbocycles. The lowest BCUT2D eigenvalue weighted by atomic mass is 9.83. The molecule has 9 heteroatoms. The van der Waals surface area contributed by atoms with Crippen molar-refractivity contribution in [3.63, 3.8) is 0 Å². The molecule has 4 rings (SSSR count). The number of nitrogens with two attached hydrogens (primary N) is 1. The summed E-state index contributed by atoms with van der Waals surface area (Å²) in [5.74, 6) is 1.08. The molecule has 4 N–H and O–H groups in total. The summed E-state index contributed by atoms with van der Waals surface area (Å²) in [5.41, 5.74) is 7.15. The summed E-state index contributed by atoms with van der Waals surface area (Å²) in [5, 5.41) is 15.9. The summed E-state index contributed by atoms with van der Waals surface area (Å²) in [7, 11) is -3.29. The summed E-state index contributed by atoms with van der Waals surface area (Å²) in [6, 6.07) is 4.01. The van der Waals surface area contributed by atoms with Gasteiger partial charge in [0.05, 0.1) is 24.1 Å². The molecular formula is C20H29N5O3S. The maximum Gasteiger partial charge on any atom is 0.211 e. The zero-order valence-electron chi connectivity index (χ0n) is 16.7. The number of rotatable bonds is 4. The summed E-state index contributed by atoms with van der Waals surface area (Å²) in [4.78, 5) is 9.18. The highest BCUT2D eigenvalue weighted by Crippen LogP contribution is 2.35. The average molecular weight is 420 g/mol. The Morgan fingerprint density at radius 2 is 1.97 bits per heavy atom. The predicted molar refractivity (Wildman–Crippen MR) is 113 cm³/mol. The fourth-order valence-electron chi connectivity index (χ4n) is 4.45. The van der Waals surface area contributed by atoms with E-state index in [1.165, 1.54) is 10.6 Å². The molecule has 0 bridgehead atoms. The van der Waals surface area contributed by atoms with E-state index in [0.717, 1.165) is 42.1 Å². The summed E-state index contributed by atoms with van der Waals surface area (Å²) >= 11 is 0. The number of nitrogens with zero attached hydrogens (tertiary/aromatic N) is 3. The monoisotopic (exact) mass is 419 g/mol. The number of fused-ring (bicyclic) bond motifs is 1. The molecule has 2 atom stereocenters. The van der Waals surface area contributed by atoms with Gasteiger partial charge in [-0.25, -0.2) is 13.4 Å². The van der Waals surface area contributed by atoms with Crippen LogP contribution in [0, 0.1) is 0 Å². The van der Waals surface area contributed by atoms with Gasteiger partial charge < -0.3 is 16.2 Å². The number of β-amino-alcohol motifs (C(OH)–C–C–N with tert-alkyl or cyclic N) is 1. The normalized spacial score (nSPS) is 29.1. The minimum Gasteiger partial charge on any atom is -0.390 e. The van der Waals surface area contributed by atoms with E-state index >= 15 is 0 Å². The van der Waals surface area contributed by atoms with Crippen LogP contribution < -0.4 is 11.1 Å². The van der Waals surface area contributed by atoms with E-state index in [4.69, 9.17) is 5.73 Å². The lowest BCUT2D eigenvalue weighted by molar-refractivity contribution is 0.0952. The van der Waals surface area contributed by atoms with Crippen molar-refractivity contribution in [1.29, 1.82) is 0 Å². The molecule has 2 aliphatic rings. The van der Waals surface area contributed by atoms with Crippen LogP contribution in [-0.4, -0.2) is 65.3 Å². The van der Waals surface area contributed by atoms with Crippen molar-refractivity contribution in [3.8, 4) is 0 Å². The summed E-state index contributed by atoms with van der Waals surface area (Å²) in [6.45, 7) is 0.482. The average Bonchev–Trinajstić information content (AvgIpc) is 2.69. The Kier molecular flexibility index (Phi) is 5.74. The van der Waals surface area contributed by atoms with Crippen molar-refractivity contribution in [3.05, 3.63) is 30.2 Å². The van der Waals surface area contributed by atoms with Crippen LogP contribution in [0.1, 0.15) is 43.7 Å². The molecule has 1 aliphatic heterocycles. The van der Waals surface area contributed by atoms with Gasteiger partial charge in [0.1, 0.15) is 5.82 Å². The molecular weight excluding hydrogens is 390 g/mol. The number of hydrogen-bond donors (Lipinski definition) is 3. The van der Waals surface area contributed by atoms with Gasteiger partial charge in [0.15, 0.2) is 0 Å². The van der Waals surface area contributed by atoms with Crippen LogP contribution in [0.4, 0.5) is 5.82 Å². The third kappa shape index (κ3) is 4.53. The van der Waals surface area contributed by atoms with Crippen molar-refractivity contribution in [2.45, 2.75) is 56.2 Å².